The van der Waals surface area contributed by atoms with Gasteiger partial charge in [-0.3, -0.25) is 0 Å². The summed E-state index contributed by atoms with van der Waals surface area (Å²) in [5, 5.41) is 0.783. The number of aryl methyl sites for hydroxylation is 1. The van der Waals surface area contributed by atoms with Crippen LogP contribution in [-0.2, 0) is 5.75 Å². The molecule has 0 saturated carbocycles. The lowest BCUT2D eigenvalue weighted by atomic mass is 10.3. The normalized spacial score (nSPS) is 10.9. The minimum absolute atomic E-state index is 0.782. The van der Waals surface area contributed by atoms with Gasteiger partial charge < -0.3 is 4.40 Å². The van der Waals surface area contributed by atoms with Crippen molar-refractivity contribution in [3.63, 3.8) is 0 Å². The number of pyridine rings is 1. The van der Waals surface area contributed by atoms with Gasteiger partial charge >= 0.3 is 0 Å². The van der Waals surface area contributed by atoms with Crippen LogP contribution in [0.3, 0.4) is 0 Å². The minimum atomic E-state index is 0.782. The first-order valence-electron chi connectivity index (χ1n) is 5.65. The van der Waals surface area contributed by atoms with E-state index in [1.54, 1.807) is 24.2 Å². The fourth-order valence-corrected chi connectivity index (χ4v) is 2.39. The van der Waals surface area contributed by atoms with E-state index in [0.29, 0.717) is 0 Å². The summed E-state index contributed by atoms with van der Waals surface area (Å²) in [6.45, 7) is 2.07. The fourth-order valence-electron chi connectivity index (χ4n) is 1.70. The molecule has 0 aromatic carbocycles. The van der Waals surface area contributed by atoms with Gasteiger partial charge in [0.2, 0.25) is 0 Å². The van der Waals surface area contributed by atoms with Gasteiger partial charge in [-0.15, -0.1) is 0 Å². The Morgan fingerprint density at radius 1 is 1.28 bits per heavy atom. The van der Waals surface area contributed by atoms with Gasteiger partial charge in [0, 0.05) is 30.5 Å². The largest absolute Gasteiger partial charge is 0.307 e. The summed E-state index contributed by atoms with van der Waals surface area (Å²) in [7, 11) is 0. The minimum Gasteiger partial charge on any atom is -0.307 e. The van der Waals surface area contributed by atoms with Crippen LogP contribution in [0.4, 0.5) is 0 Å². The molecule has 3 aromatic rings. The summed E-state index contributed by atoms with van der Waals surface area (Å²) >= 11 is 1.59. The first-order valence-corrected chi connectivity index (χ1v) is 6.64. The molecule has 3 heterocycles. The van der Waals surface area contributed by atoms with Crippen LogP contribution in [0.2, 0.25) is 0 Å². The number of thioether (sulfide) groups is 1. The third-order valence-electron chi connectivity index (χ3n) is 2.56. The van der Waals surface area contributed by atoms with Crippen molar-refractivity contribution in [2.75, 3.05) is 0 Å². The number of aromatic nitrogens is 4. The van der Waals surface area contributed by atoms with Gasteiger partial charge in [-0.05, 0) is 30.7 Å². The quantitative estimate of drug-likeness (QED) is 0.534. The summed E-state index contributed by atoms with van der Waals surface area (Å²) < 4.78 is 2.04. The average molecular weight is 256 g/mol. The van der Waals surface area contributed by atoms with Crippen molar-refractivity contribution in [3.05, 3.63) is 54.2 Å². The van der Waals surface area contributed by atoms with E-state index in [4.69, 9.17) is 0 Å². The van der Waals surface area contributed by atoms with Crippen molar-refractivity contribution in [1.29, 1.82) is 0 Å². The molecular formula is C13H12N4S. The molecule has 0 aliphatic carbocycles. The Kier molecular flexibility index (Phi) is 2.98. The maximum Gasteiger partial charge on any atom is 0.187 e. The highest BCUT2D eigenvalue weighted by Gasteiger charge is 2.03. The lowest BCUT2D eigenvalue weighted by molar-refractivity contribution is 0.965. The SMILES string of the molecule is Cc1ccn2cc(CSc3ncccn3)nc2c1. The summed E-state index contributed by atoms with van der Waals surface area (Å²) in [5.74, 6) is 0.782. The molecule has 0 spiro atoms. The summed E-state index contributed by atoms with van der Waals surface area (Å²) in [4.78, 5) is 12.9. The maximum atomic E-state index is 4.58. The van der Waals surface area contributed by atoms with Crippen molar-refractivity contribution < 1.29 is 0 Å². The van der Waals surface area contributed by atoms with Gasteiger partial charge in [0.05, 0.1) is 5.69 Å². The molecule has 3 rings (SSSR count). The summed E-state index contributed by atoms with van der Waals surface area (Å²) in [5.41, 5.74) is 3.25. The van der Waals surface area contributed by atoms with Crippen molar-refractivity contribution in [3.8, 4) is 0 Å². The first-order chi connectivity index (χ1) is 8.81. The third kappa shape index (κ3) is 2.36. The third-order valence-corrected chi connectivity index (χ3v) is 3.47. The topological polar surface area (TPSA) is 43.1 Å². The highest BCUT2D eigenvalue weighted by atomic mass is 32.2. The lowest BCUT2D eigenvalue weighted by Gasteiger charge is -1.95. The fraction of sp³-hybridized carbons (Fsp3) is 0.154. The highest BCUT2D eigenvalue weighted by molar-refractivity contribution is 7.98. The van der Waals surface area contributed by atoms with E-state index < -0.39 is 0 Å². The Morgan fingerprint density at radius 2 is 2.11 bits per heavy atom. The molecule has 5 heteroatoms. The van der Waals surface area contributed by atoms with Crippen LogP contribution in [0.15, 0.2) is 48.1 Å². The molecule has 3 aromatic heterocycles. The van der Waals surface area contributed by atoms with Gasteiger partial charge in [-0.2, -0.15) is 0 Å². The van der Waals surface area contributed by atoms with Gasteiger partial charge in [0.1, 0.15) is 5.65 Å². The van der Waals surface area contributed by atoms with E-state index in [0.717, 1.165) is 22.3 Å². The van der Waals surface area contributed by atoms with Gasteiger partial charge in [0.25, 0.3) is 0 Å². The molecule has 0 atom stereocenters. The molecule has 0 radical (unpaired) electrons. The van der Waals surface area contributed by atoms with E-state index in [1.165, 1.54) is 5.56 Å². The molecule has 18 heavy (non-hydrogen) atoms. The van der Waals surface area contributed by atoms with Crippen LogP contribution in [0.1, 0.15) is 11.3 Å². The molecule has 0 N–H and O–H groups in total. The molecule has 0 unspecified atom stereocenters. The number of nitrogens with zero attached hydrogens (tertiary/aromatic N) is 4. The molecular weight excluding hydrogens is 244 g/mol. The smallest absolute Gasteiger partial charge is 0.187 e. The highest BCUT2D eigenvalue weighted by Crippen LogP contribution is 2.18. The molecule has 0 aliphatic heterocycles. The van der Waals surface area contributed by atoms with Crippen molar-refractivity contribution in [1.82, 2.24) is 19.4 Å². The molecule has 0 aliphatic rings. The monoisotopic (exact) mass is 256 g/mol. The molecule has 0 fully saturated rings. The predicted octanol–water partition coefficient (Wildman–Crippen LogP) is 2.73. The molecule has 90 valence electrons. The number of imidazole rings is 1. The lowest BCUT2D eigenvalue weighted by Crippen LogP contribution is -1.85. The summed E-state index contributed by atoms with van der Waals surface area (Å²) in [6, 6.07) is 5.97. The van der Waals surface area contributed by atoms with Crippen LogP contribution >= 0.6 is 11.8 Å². The van der Waals surface area contributed by atoms with E-state index in [1.807, 2.05) is 22.9 Å². The van der Waals surface area contributed by atoms with E-state index >= 15 is 0 Å². The standard InChI is InChI=1S/C13H12N4S/c1-10-3-6-17-8-11(16-12(17)7-10)9-18-13-14-4-2-5-15-13/h2-8H,9H2,1H3. The zero-order valence-corrected chi connectivity index (χ0v) is 10.8. The second-order valence-corrected chi connectivity index (χ2v) is 4.96. The molecule has 0 saturated heterocycles. The Hall–Kier alpha value is -1.88. The van der Waals surface area contributed by atoms with Crippen LogP contribution in [0, 0.1) is 6.92 Å². The molecule has 0 bridgehead atoms. The second-order valence-electron chi connectivity index (χ2n) is 4.02. The van der Waals surface area contributed by atoms with Crippen LogP contribution in [0.5, 0.6) is 0 Å². The Labute approximate surface area is 109 Å². The zero-order valence-electron chi connectivity index (χ0n) is 9.95. The average Bonchev–Trinajstić information content (AvgIpc) is 2.79. The zero-order chi connectivity index (χ0) is 12.4. The van der Waals surface area contributed by atoms with Crippen molar-refractivity contribution in [2.24, 2.45) is 0 Å². The van der Waals surface area contributed by atoms with Gasteiger partial charge in [-0.1, -0.05) is 11.8 Å². The van der Waals surface area contributed by atoms with Gasteiger partial charge in [-0.25, -0.2) is 15.0 Å². The Balaban J connectivity index is 1.79. The molecule has 4 nitrogen and oxygen atoms in total. The molecule has 0 amide bonds. The predicted molar refractivity (Wildman–Crippen MR) is 71.5 cm³/mol. The number of hydrogen-bond acceptors (Lipinski definition) is 4. The second kappa shape index (κ2) is 4.78. The number of rotatable bonds is 3. The van der Waals surface area contributed by atoms with E-state index in [9.17, 15) is 0 Å². The first kappa shape index (κ1) is 11.2. The van der Waals surface area contributed by atoms with E-state index in [2.05, 4.69) is 34.0 Å². The van der Waals surface area contributed by atoms with Crippen LogP contribution in [0.25, 0.3) is 5.65 Å². The summed E-state index contributed by atoms with van der Waals surface area (Å²) in [6.07, 6.45) is 7.58. The van der Waals surface area contributed by atoms with Crippen LogP contribution < -0.4 is 0 Å². The van der Waals surface area contributed by atoms with Gasteiger partial charge in [0.15, 0.2) is 5.16 Å². The Morgan fingerprint density at radius 3 is 2.94 bits per heavy atom. The van der Waals surface area contributed by atoms with Crippen LogP contribution in [-0.4, -0.2) is 19.4 Å². The maximum absolute atomic E-state index is 4.58. The van der Waals surface area contributed by atoms with E-state index in [-0.39, 0.29) is 0 Å². The van der Waals surface area contributed by atoms with Crippen molar-refractivity contribution in [2.45, 2.75) is 17.8 Å². The Bertz CT molecular complexity index is 663. The number of hydrogen-bond donors (Lipinski definition) is 0. The van der Waals surface area contributed by atoms with Crippen molar-refractivity contribution >= 4 is 17.4 Å². The number of fused-ring (bicyclic) bond motifs is 1.